The number of hydrogen-bond acceptors (Lipinski definition) is 2. The van der Waals surface area contributed by atoms with Gasteiger partial charge in [-0.3, -0.25) is 0 Å². The van der Waals surface area contributed by atoms with Crippen LogP contribution in [0.5, 0.6) is 0 Å². The Balaban J connectivity index is 0.00000229. The Morgan fingerprint density at radius 1 is 0.941 bits per heavy atom. The van der Waals surface area contributed by atoms with Gasteiger partial charge in [-0.1, -0.05) is 54.7 Å². The highest BCUT2D eigenvalue weighted by Crippen LogP contribution is 2.42. The van der Waals surface area contributed by atoms with Gasteiger partial charge in [-0.25, -0.2) is 0 Å². The lowest BCUT2D eigenvalue weighted by molar-refractivity contribution is 0.598. The maximum Gasteiger partial charge on any atom is 0.145 e. The zero-order valence-electron chi connectivity index (χ0n) is 19.1. The van der Waals surface area contributed by atoms with Gasteiger partial charge in [0.1, 0.15) is 11.3 Å². The predicted molar refractivity (Wildman–Crippen MR) is 143 cm³/mol. The summed E-state index contributed by atoms with van der Waals surface area (Å²) in [6.07, 6.45) is 21.7. The number of aromatic nitrogens is 1. The fourth-order valence-corrected chi connectivity index (χ4v) is 5.63. The smallest absolute Gasteiger partial charge is 0.145 e. The number of para-hydroxylation sites is 1. The minimum atomic E-state index is 0. The third kappa shape index (κ3) is 2.97. The molecule has 4 aromatic rings. The lowest BCUT2D eigenvalue weighted by Crippen LogP contribution is -2.14. The normalized spacial score (nSPS) is 18.9. The van der Waals surface area contributed by atoms with Crippen molar-refractivity contribution in [2.24, 2.45) is 0 Å². The van der Waals surface area contributed by atoms with E-state index in [0.717, 1.165) is 43.6 Å². The van der Waals surface area contributed by atoms with Crippen LogP contribution < -0.4 is 5.32 Å². The number of nitrogens with zero attached hydrogens (tertiary/aromatic N) is 1. The van der Waals surface area contributed by atoms with Gasteiger partial charge in [-0.15, -0.1) is 0 Å². The van der Waals surface area contributed by atoms with Crippen molar-refractivity contribution in [2.75, 3.05) is 6.54 Å². The lowest BCUT2D eigenvalue weighted by atomic mass is 9.99. The first-order valence-electron chi connectivity index (χ1n) is 12.2. The summed E-state index contributed by atoms with van der Waals surface area (Å²) in [6.45, 7) is 0.815. The summed E-state index contributed by atoms with van der Waals surface area (Å²) in [7, 11) is 0. The standard InChI is InChI=1S/C31H26N2O.H2/c1-2-9-19-32-26-20-25-27(17-15-21(26)10-4-1)33(22-11-5-3-6-12-22)28-18-16-24-23-13-7-8-14-29(23)34-31(24)30(25)28;/h1-6,8-9,11-12,14-16,18,20,32H,7,10,13,17,19H2;1H/b4-1-,9-2-;. The summed E-state index contributed by atoms with van der Waals surface area (Å²) >= 11 is 0. The van der Waals surface area contributed by atoms with E-state index < -0.39 is 0 Å². The minimum absolute atomic E-state index is 0. The first-order valence-corrected chi connectivity index (χ1v) is 12.2. The van der Waals surface area contributed by atoms with Crippen molar-refractivity contribution in [3.63, 3.8) is 0 Å². The van der Waals surface area contributed by atoms with Crippen LogP contribution in [-0.4, -0.2) is 11.1 Å². The predicted octanol–water partition coefficient (Wildman–Crippen LogP) is 7.51. The number of furan rings is 1. The summed E-state index contributed by atoms with van der Waals surface area (Å²) in [6, 6.07) is 15.3. The van der Waals surface area contributed by atoms with Gasteiger partial charge < -0.3 is 14.3 Å². The van der Waals surface area contributed by atoms with Crippen molar-refractivity contribution < 1.29 is 5.84 Å². The molecular formula is C31H28N2O. The second kappa shape index (κ2) is 7.81. The van der Waals surface area contributed by atoms with E-state index in [1.54, 1.807) is 0 Å². The van der Waals surface area contributed by atoms with Crippen LogP contribution in [0, 0.1) is 0 Å². The monoisotopic (exact) mass is 444 g/mol. The van der Waals surface area contributed by atoms with Crippen LogP contribution in [0.2, 0.25) is 0 Å². The molecule has 3 heteroatoms. The number of hydrogen-bond donors (Lipinski definition) is 1. The molecule has 7 rings (SSSR count). The molecule has 1 aliphatic heterocycles. The molecule has 0 spiro atoms. The zero-order chi connectivity index (χ0) is 22.5. The maximum atomic E-state index is 6.57. The van der Waals surface area contributed by atoms with E-state index >= 15 is 0 Å². The molecular weight excluding hydrogens is 416 g/mol. The summed E-state index contributed by atoms with van der Waals surface area (Å²) < 4.78 is 9.00. The van der Waals surface area contributed by atoms with Crippen LogP contribution in [0.15, 0.2) is 94.6 Å². The van der Waals surface area contributed by atoms with E-state index in [0.29, 0.717) is 0 Å². The molecule has 0 atom stereocenters. The van der Waals surface area contributed by atoms with Crippen LogP contribution in [-0.2, 0) is 12.8 Å². The summed E-state index contributed by atoms with van der Waals surface area (Å²) in [5.74, 6) is 1.02. The van der Waals surface area contributed by atoms with Crippen molar-refractivity contribution >= 4 is 34.0 Å². The molecule has 3 nitrogen and oxygen atoms in total. The summed E-state index contributed by atoms with van der Waals surface area (Å²) in [5, 5.41) is 6.14. The molecule has 0 saturated heterocycles. The van der Waals surface area contributed by atoms with Crippen molar-refractivity contribution in [3.05, 3.63) is 113 Å². The third-order valence-corrected chi connectivity index (χ3v) is 7.21. The van der Waals surface area contributed by atoms with Gasteiger partial charge in [-0.2, -0.15) is 0 Å². The van der Waals surface area contributed by atoms with E-state index in [1.807, 2.05) is 0 Å². The Labute approximate surface area is 200 Å². The average molecular weight is 445 g/mol. The van der Waals surface area contributed by atoms with Crippen molar-refractivity contribution in [1.82, 2.24) is 9.88 Å². The van der Waals surface area contributed by atoms with Gasteiger partial charge in [0.2, 0.25) is 0 Å². The van der Waals surface area contributed by atoms with Crippen LogP contribution >= 0.6 is 0 Å². The van der Waals surface area contributed by atoms with E-state index in [4.69, 9.17) is 4.42 Å². The molecule has 0 radical (unpaired) electrons. The van der Waals surface area contributed by atoms with Crippen molar-refractivity contribution in [2.45, 2.75) is 25.7 Å². The second-order valence-electron chi connectivity index (χ2n) is 9.19. The Bertz CT molecular complexity index is 1590. The van der Waals surface area contributed by atoms with Crippen LogP contribution in [0.3, 0.4) is 0 Å². The van der Waals surface area contributed by atoms with E-state index in [2.05, 4.69) is 101 Å². The molecule has 0 bridgehead atoms. The Kier molecular flexibility index (Phi) is 4.47. The highest BCUT2D eigenvalue weighted by atomic mass is 16.3. The summed E-state index contributed by atoms with van der Waals surface area (Å²) in [5.41, 5.74) is 9.88. The van der Waals surface area contributed by atoms with Gasteiger partial charge in [-0.05, 0) is 61.3 Å². The van der Waals surface area contributed by atoms with E-state index in [9.17, 15) is 0 Å². The highest BCUT2D eigenvalue weighted by molar-refractivity contribution is 6.11. The van der Waals surface area contributed by atoms with Gasteiger partial charge in [0.25, 0.3) is 0 Å². The first kappa shape index (κ1) is 19.5. The fourth-order valence-electron chi connectivity index (χ4n) is 5.63. The Hall–Kier alpha value is -3.98. The molecule has 3 heterocycles. The van der Waals surface area contributed by atoms with Gasteiger partial charge in [0.15, 0.2) is 0 Å². The third-order valence-electron chi connectivity index (χ3n) is 7.21. The number of benzene rings is 2. The second-order valence-corrected chi connectivity index (χ2v) is 9.19. The Morgan fingerprint density at radius 2 is 1.85 bits per heavy atom. The molecule has 0 fully saturated rings. The molecule has 2 aliphatic carbocycles. The van der Waals surface area contributed by atoms with Gasteiger partial charge in [0.05, 0.1) is 10.9 Å². The van der Waals surface area contributed by atoms with Crippen LogP contribution in [0.1, 0.15) is 36.8 Å². The van der Waals surface area contributed by atoms with Crippen LogP contribution in [0.4, 0.5) is 0 Å². The molecule has 0 saturated carbocycles. The molecule has 1 N–H and O–H groups in total. The number of rotatable bonds is 1. The van der Waals surface area contributed by atoms with E-state index in [1.165, 1.54) is 50.1 Å². The SMILES string of the molecule is C1=Cc2oc3c(ccc4c3c3c(n4-c4ccccc4)CC=C4C/C=C\C=C/CNC4=C3)c2CC1.[HH]. The molecule has 168 valence electrons. The summed E-state index contributed by atoms with van der Waals surface area (Å²) in [4.78, 5) is 0. The lowest BCUT2D eigenvalue weighted by Gasteiger charge is -2.11. The quantitative estimate of drug-likeness (QED) is 0.329. The topological polar surface area (TPSA) is 30.1 Å². The maximum absolute atomic E-state index is 6.57. The number of aryl methyl sites for hydroxylation is 1. The van der Waals surface area contributed by atoms with Gasteiger partial charge in [0, 0.05) is 48.0 Å². The molecule has 3 aliphatic rings. The first-order chi connectivity index (χ1) is 16.9. The molecule has 34 heavy (non-hydrogen) atoms. The molecule has 2 aromatic carbocycles. The number of fused-ring (bicyclic) bond motifs is 8. The fraction of sp³-hybridized carbons (Fsp3) is 0.161. The minimum Gasteiger partial charge on any atom is -0.456 e. The largest absolute Gasteiger partial charge is 0.456 e. The average Bonchev–Trinajstić information content (AvgIpc) is 3.38. The van der Waals surface area contributed by atoms with Crippen molar-refractivity contribution in [3.8, 4) is 5.69 Å². The Morgan fingerprint density at radius 3 is 2.79 bits per heavy atom. The highest BCUT2D eigenvalue weighted by Gasteiger charge is 2.25. The number of allylic oxidation sites excluding steroid dienone is 6. The molecule has 0 unspecified atom stereocenters. The zero-order valence-corrected chi connectivity index (χ0v) is 19.1. The molecule has 2 aromatic heterocycles. The molecule has 0 amide bonds. The van der Waals surface area contributed by atoms with Gasteiger partial charge >= 0.3 is 0 Å². The van der Waals surface area contributed by atoms with Crippen LogP contribution in [0.25, 0.3) is 39.7 Å². The van der Waals surface area contributed by atoms with E-state index in [-0.39, 0.29) is 1.43 Å². The van der Waals surface area contributed by atoms with Crippen molar-refractivity contribution in [1.29, 1.82) is 0 Å². The number of nitrogens with one attached hydrogen (secondary N) is 1.